The molecule has 0 aromatic carbocycles. The van der Waals surface area contributed by atoms with Crippen molar-refractivity contribution in [2.75, 3.05) is 33.2 Å². The van der Waals surface area contributed by atoms with Crippen LogP contribution in [0, 0.1) is 0 Å². The van der Waals surface area contributed by atoms with Crippen LogP contribution in [0.4, 0.5) is 0 Å². The maximum Gasteiger partial charge on any atom is 0.270 e. The van der Waals surface area contributed by atoms with E-state index in [2.05, 4.69) is 26.9 Å². The van der Waals surface area contributed by atoms with Crippen molar-refractivity contribution in [2.45, 2.75) is 25.8 Å². The summed E-state index contributed by atoms with van der Waals surface area (Å²) in [7, 11) is 1.59. The summed E-state index contributed by atoms with van der Waals surface area (Å²) in [5.74, 6) is 0.754. The molecule has 8 heteroatoms. The second kappa shape index (κ2) is 6.49. The first-order valence-corrected chi connectivity index (χ1v) is 7.96. The number of hydrogen-bond acceptors (Lipinski definition) is 5. The maximum absolute atomic E-state index is 12.7. The standard InChI is InChI=1S/C15H22N6O2/c1-3-20-8-9-21(10-12(20)14-16-6-7-17-14)15(23)11-4-5-13(22)19(2)18-11/h6-7,12H,3-5,8-10H2,1-2H3,(H,16,17). The highest BCUT2D eigenvalue weighted by Gasteiger charge is 2.34. The lowest BCUT2D eigenvalue weighted by molar-refractivity contribution is -0.131. The number of likely N-dealkylation sites (N-methyl/N-ethyl adjacent to an activating group) is 1. The number of nitrogens with one attached hydrogen (secondary N) is 1. The Morgan fingerprint density at radius 3 is 2.87 bits per heavy atom. The molecule has 1 aromatic heterocycles. The lowest BCUT2D eigenvalue weighted by atomic mass is 10.1. The zero-order valence-electron chi connectivity index (χ0n) is 13.5. The first-order valence-electron chi connectivity index (χ1n) is 7.96. The summed E-state index contributed by atoms with van der Waals surface area (Å²) in [6, 6.07) is 0.0660. The van der Waals surface area contributed by atoms with E-state index in [0.29, 0.717) is 31.6 Å². The fourth-order valence-corrected chi connectivity index (χ4v) is 3.11. The number of rotatable bonds is 3. The second-order valence-corrected chi connectivity index (χ2v) is 5.83. The first-order chi connectivity index (χ1) is 11.1. The number of carbonyl (C=O) groups is 2. The highest BCUT2D eigenvalue weighted by molar-refractivity contribution is 6.39. The molecule has 2 aliphatic heterocycles. The third-order valence-electron chi connectivity index (χ3n) is 4.47. The van der Waals surface area contributed by atoms with Crippen molar-refractivity contribution in [2.24, 2.45) is 5.10 Å². The second-order valence-electron chi connectivity index (χ2n) is 5.83. The molecule has 0 bridgehead atoms. The molecule has 1 saturated heterocycles. The summed E-state index contributed by atoms with van der Waals surface area (Å²) in [5, 5.41) is 5.40. The van der Waals surface area contributed by atoms with Gasteiger partial charge in [0.15, 0.2) is 0 Å². The van der Waals surface area contributed by atoms with Crippen LogP contribution in [0.2, 0.25) is 0 Å². The van der Waals surface area contributed by atoms with Gasteiger partial charge in [0.25, 0.3) is 5.91 Å². The van der Waals surface area contributed by atoms with E-state index in [-0.39, 0.29) is 17.9 Å². The van der Waals surface area contributed by atoms with Crippen LogP contribution < -0.4 is 0 Å². The van der Waals surface area contributed by atoms with E-state index in [1.165, 1.54) is 5.01 Å². The van der Waals surface area contributed by atoms with E-state index < -0.39 is 0 Å². The minimum atomic E-state index is -0.0725. The number of amides is 2. The number of nitrogens with zero attached hydrogens (tertiary/aromatic N) is 5. The molecule has 0 spiro atoms. The fraction of sp³-hybridized carbons (Fsp3) is 0.600. The van der Waals surface area contributed by atoms with Gasteiger partial charge in [0.05, 0.1) is 6.04 Å². The third-order valence-corrected chi connectivity index (χ3v) is 4.47. The largest absolute Gasteiger partial charge is 0.347 e. The monoisotopic (exact) mass is 318 g/mol. The Balaban J connectivity index is 1.75. The summed E-state index contributed by atoms with van der Waals surface area (Å²) < 4.78 is 0. The fourth-order valence-electron chi connectivity index (χ4n) is 3.11. The van der Waals surface area contributed by atoms with Crippen LogP contribution in [0.25, 0.3) is 0 Å². The van der Waals surface area contributed by atoms with Crippen LogP contribution in [0.3, 0.4) is 0 Å². The molecule has 2 aliphatic rings. The van der Waals surface area contributed by atoms with Crippen molar-refractivity contribution in [3.8, 4) is 0 Å². The summed E-state index contributed by atoms with van der Waals surface area (Å²) in [5.41, 5.74) is 0.468. The van der Waals surface area contributed by atoms with E-state index in [4.69, 9.17) is 0 Å². The molecule has 1 N–H and O–H groups in total. The first kappa shape index (κ1) is 15.7. The van der Waals surface area contributed by atoms with Crippen molar-refractivity contribution in [1.29, 1.82) is 0 Å². The van der Waals surface area contributed by atoms with Gasteiger partial charge in [-0.1, -0.05) is 6.92 Å². The number of aromatic amines is 1. The molecule has 0 radical (unpaired) electrons. The van der Waals surface area contributed by atoms with Crippen molar-refractivity contribution in [3.05, 3.63) is 18.2 Å². The molecule has 124 valence electrons. The van der Waals surface area contributed by atoms with E-state index in [9.17, 15) is 9.59 Å². The van der Waals surface area contributed by atoms with Crippen LogP contribution in [0.5, 0.6) is 0 Å². The Hall–Kier alpha value is -2.22. The molecule has 1 unspecified atom stereocenters. The highest BCUT2D eigenvalue weighted by atomic mass is 16.2. The zero-order valence-corrected chi connectivity index (χ0v) is 13.5. The van der Waals surface area contributed by atoms with Crippen LogP contribution in [-0.4, -0.2) is 75.5 Å². The van der Waals surface area contributed by atoms with Gasteiger partial charge in [-0.05, 0) is 6.54 Å². The third kappa shape index (κ3) is 3.12. The summed E-state index contributed by atoms with van der Waals surface area (Å²) in [6.07, 6.45) is 4.30. The summed E-state index contributed by atoms with van der Waals surface area (Å²) >= 11 is 0. The SMILES string of the molecule is CCN1CCN(C(=O)C2=NN(C)C(=O)CC2)CC1c1ncc[nH]1. The molecule has 1 aromatic rings. The summed E-state index contributed by atoms with van der Waals surface area (Å²) in [6.45, 7) is 5.07. The van der Waals surface area contributed by atoms with Crippen molar-refractivity contribution in [3.63, 3.8) is 0 Å². The average Bonchev–Trinajstić information content (AvgIpc) is 3.10. The zero-order chi connectivity index (χ0) is 16.4. The Labute approximate surface area is 135 Å². The normalized spacial score (nSPS) is 23.1. The Morgan fingerprint density at radius 1 is 1.39 bits per heavy atom. The van der Waals surface area contributed by atoms with Gasteiger partial charge < -0.3 is 9.88 Å². The smallest absolute Gasteiger partial charge is 0.270 e. The van der Waals surface area contributed by atoms with Gasteiger partial charge in [-0.15, -0.1) is 0 Å². The van der Waals surface area contributed by atoms with Gasteiger partial charge in [-0.3, -0.25) is 14.5 Å². The number of hydrogen-bond donors (Lipinski definition) is 1. The van der Waals surface area contributed by atoms with Crippen LogP contribution in [0.15, 0.2) is 17.5 Å². The van der Waals surface area contributed by atoms with E-state index in [1.807, 2.05) is 4.90 Å². The number of carbonyl (C=O) groups excluding carboxylic acids is 2. The highest BCUT2D eigenvalue weighted by Crippen LogP contribution is 2.23. The van der Waals surface area contributed by atoms with Gasteiger partial charge in [0.1, 0.15) is 11.5 Å². The van der Waals surface area contributed by atoms with Crippen molar-refractivity contribution < 1.29 is 9.59 Å². The van der Waals surface area contributed by atoms with Gasteiger partial charge >= 0.3 is 0 Å². The Morgan fingerprint density at radius 2 is 2.22 bits per heavy atom. The molecular formula is C15H22N6O2. The van der Waals surface area contributed by atoms with Crippen molar-refractivity contribution >= 4 is 17.5 Å². The number of H-pyrrole nitrogens is 1. The summed E-state index contributed by atoms with van der Waals surface area (Å²) in [4.78, 5) is 35.9. The molecule has 1 fully saturated rings. The molecule has 1 atom stereocenters. The van der Waals surface area contributed by atoms with Gasteiger partial charge in [-0.25, -0.2) is 9.99 Å². The van der Waals surface area contributed by atoms with E-state index in [1.54, 1.807) is 19.4 Å². The molecule has 3 heterocycles. The number of aromatic nitrogens is 2. The molecule has 0 aliphatic carbocycles. The minimum Gasteiger partial charge on any atom is -0.347 e. The predicted octanol–water partition coefficient (Wildman–Crippen LogP) is 0.223. The maximum atomic E-state index is 12.7. The molecule has 2 amide bonds. The van der Waals surface area contributed by atoms with E-state index in [0.717, 1.165) is 18.9 Å². The minimum absolute atomic E-state index is 0.0502. The number of imidazole rings is 1. The molecule has 0 saturated carbocycles. The lowest BCUT2D eigenvalue weighted by Crippen LogP contribution is -2.52. The van der Waals surface area contributed by atoms with Crippen LogP contribution in [-0.2, 0) is 9.59 Å². The van der Waals surface area contributed by atoms with Crippen LogP contribution in [0.1, 0.15) is 31.6 Å². The van der Waals surface area contributed by atoms with Crippen molar-refractivity contribution in [1.82, 2.24) is 24.8 Å². The Kier molecular flexibility index (Phi) is 4.42. The average molecular weight is 318 g/mol. The topological polar surface area (TPSA) is 84.9 Å². The predicted molar refractivity (Wildman–Crippen MR) is 84.6 cm³/mol. The van der Waals surface area contributed by atoms with Gasteiger partial charge in [0.2, 0.25) is 5.91 Å². The quantitative estimate of drug-likeness (QED) is 0.864. The number of piperazine rings is 1. The van der Waals surface area contributed by atoms with Gasteiger partial charge in [-0.2, -0.15) is 5.10 Å². The van der Waals surface area contributed by atoms with E-state index >= 15 is 0 Å². The van der Waals surface area contributed by atoms with Gasteiger partial charge in [0, 0.05) is 51.9 Å². The molecule has 23 heavy (non-hydrogen) atoms. The molecule has 3 rings (SSSR count). The number of hydrazone groups is 1. The molecular weight excluding hydrogens is 296 g/mol. The molecule has 8 nitrogen and oxygen atoms in total. The Bertz CT molecular complexity index is 611. The van der Waals surface area contributed by atoms with Crippen LogP contribution >= 0.6 is 0 Å². The lowest BCUT2D eigenvalue weighted by Gasteiger charge is -2.40.